The van der Waals surface area contributed by atoms with Gasteiger partial charge in [-0.15, -0.1) is 0 Å². The molecule has 0 saturated carbocycles. The second-order valence-electron chi connectivity index (χ2n) is 5.31. The maximum absolute atomic E-state index is 6.04. The average Bonchev–Trinajstić information content (AvgIpc) is 2.53. The van der Waals surface area contributed by atoms with Gasteiger partial charge in [0.1, 0.15) is 0 Å². The Hall–Kier alpha value is -1.06. The van der Waals surface area contributed by atoms with Crippen molar-refractivity contribution < 1.29 is 0 Å². The quantitative estimate of drug-likeness (QED) is 0.794. The van der Waals surface area contributed by atoms with E-state index in [1.54, 1.807) is 0 Å². The Labute approximate surface area is 143 Å². The Morgan fingerprint density at radius 3 is 2.41 bits per heavy atom. The molecule has 1 atom stereocenters. The molecule has 2 nitrogen and oxygen atoms in total. The molecule has 1 unspecified atom stereocenters. The molecular weight excluding hydrogens is 315 g/mol. The summed E-state index contributed by atoms with van der Waals surface area (Å²) >= 11 is 11.9. The number of halogens is 2. The molecule has 0 amide bonds. The minimum absolute atomic E-state index is 0.205. The molecule has 1 aromatic rings. The van der Waals surface area contributed by atoms with Crippen LogP contribution < -0.4 is 5.32 Å². The van der Waals surface area contributed by atoms with E-state index in [1.165, 1.54) is 11.1 Å². The lowest BCUT2D eigenvalue weighted by molar-refractivity contribution is 0.198. The lowest BCUT2D eigenvalue weighted by atomic mass is 9.95. The maximum atomic E-state index is 6.04. The van der Waals surface area contributed by atoms with Crippen LogP contribution in [-0.4, -0.2) is 31.1 Å². The largest absolute Gasteiger partial charge is 0.314 e. The lowest BCUT2D eigenvalue weighted by Gasteiger charge is -2.36. The highest BCUT2D eigenvalue weighted by Gasteiger charge is 2.24. The molecular formula is C18H22Cl2N2. The first-order valence-corrected chi connectivity index (χ1v) is 8.26. The zero-order valence-corrected chi connectivity index (χ0v) is 14.4. The maximum Gasteiger partial charge on any atom is 0.0599 e. The molecule has 1 saturated heterocycles. The van der Waals surface area contributed by atoms with Crippen molar-refractivity contribution in [2.24, 2.45) is 0 Å². The number of piperazine rings is 1. The van der Waals surface area contributed by atoms with E-state index in [-0.39, 0.29) is 6.04 Å². The first-order valence-electron chi connectivity index (χ1n) is 7.50. The molecule has 1 N–H and O–H groups in total. The van der Waals surface area contributed by atoms with Gasteiger partial charge in [-0.05, 0) is 36.3 Å². The fourth-order valence-corrected chi connectivity index (χ4v) is 2.92. The summed E-state index contributed by atoms with van der Waals surface area (Å²) in [5.41, 5.74) is 2.45. The van der Waals surface area contributed by atoms with Crippen LogP contribution in [0, 0.1) is 0 Å². The molecule has 0 aromatic heterocycles. The topological polar surface area (TPSA) is 15.3 Å². The SMILES string of the molecule is C=C(Cl)C=CC(=CC)C(c1ccc(Cl)cc1)N1CCNCC1. The first kappa shape index (κ1) is 17.3. The van der Waals surface area contributed by atoms with Crippen molar-refractivity contribution in [2.75, 3.05) is 26.2 Å². The highest BCUT2D eigenvalue weighted by atomic mass is 35.5. The second kappa shape index (κ2) is 8.54. The van der Waals surface area contributed by atoms with E-state index in [0.717, 1.165) is 31.2 Å². The van der Waals surface area contributed by atoms with Gasteiger partial charge in [0.2, 0.25) is 0 Å². The number of rotatable bonds is 5. The van der Waals surface area contributed by atoms with Crippen LogP contribution in [0.4, 0.5) is 0 Å². The van der Waals surface area contributed by atoms with Gasteiger partial charge in [-0.25, -0.2) is 0 Å². The van der Waals surface area contributed by atoms with Gasteiger partial charge >= 0.3 is 0 Å². The fraction of sp³-hybridized carbons (Fsp3) is 0.333. The molecule has 1 aromatic carbocycles. The van der Waals surface area contributed by atoms with E-state index >= 15 is 0 Å². The number of nitrogens with one attached hydrogen (secondary N) is 1. The summed E-state index contributed by atoms with van der Waals surface area (Å²) in [7, 11) is 0. The van der Waals surface area contributed by atoms with Crippen LogP contribution in [0.25, 0.3) is 0 Å². The predicted octanol–water partition coefficient (Wildman–Crippen LogP) is 4.54. The van der Waals surface area contributed by atoms with Crippen molar-refractivity contribution >= 4 is 23.2 Å². The summed E-state index contributed by atoms with van der Waals surface area (Å²) < 4.78 is 0. The van der Waals surface area contributed by atoms with Crippen LogP contribution in [0.3, 0.4) is 0 Å². The summed E-state index contributed by atoms with van der Waals surface area (Å²) in [5, 5.41) is 4.70. The number of benzene rings is 1. The fourth-order valence-electron chi connectivity index (χ4n) is 2.73. The van der Waals surface area contributed by atoms with E-state index in [0.29, 0.717) is 5.03 Å². The molecule has 22 heavy (non-hydrogen) atoms. The summed E-state index contributed by atoms with van der Waals surface area (Å²) in [4.78, 5) is 2.48. The van der Waals surface area contributed by atoms with Gasteiger partial charge < -0.3 is 5.32 Å². The van der Waals surface area contributed by atoms with Crippen molar-refractivity contribution in [2.45, 2.75) is 13.0 Å². The van der Waals surface area contributed by atoms with Gasteiger partial charge in [-0.1, -0.05) is 54.1 Å². The molecule has 0 aliphatic carbocycles. The Kier molecular flexibility index (Phi) is 6.71. The zero-order valence-electron chi connectivity index (χ0n) is 12.9. The predicted molar refractivity (Wildman–Crippen MR) is 96.5 cm³/mol. The third kappa shape index (κ3) is 4.72. The minimum Gasteiger partial charge on any atom is -0.314 e. The second-order valence-corrected chi connectivity index (χ2v) is 6.23. The Balaban J connectivity index is 2.35. The van der Waals surface area contributed by atoms with Crippen LogP contribution in [0.15, 0.2) is 59.7 Å². The van der Waals surface area contributed by atoms with Crippen LogP contribution in [0.5, 0.6) is 0 Å². The summed E-state index contributed by atoms with van der Waals surface area (Å²) in [5.74, 6) is 0. The lowest BCUT2D eigenvalue weighted by Crippen LogP contribution is -2.45. The van der Waals surface area contributed by atoms with Gasteiger partial charge in [-0.2, -0.15) is 0 Å². The molecule has 1 heterocycles. The van der Waals surface area contributed by atoms with E-state index in [9.17, 15) is 0 Å². The van der Waals surface area contributed by atoms with Crippen molar-refractivity contribution in [1.82, 2.24) is 10.2 Å². The molecule has 0 radical (unpaired) electrons. The van der Waals surface area contributed by atoms with Gasteiger partial charge in [0.15, 0.2) is 0 Å². The standard InChI is InChI=1S/C18H22Cl2N2/c1-3-15(5-4-14(2)19)18(22-12-10-21-11-13-22)16-6-8-17(20)9-7-16/h3-9,18,21H,2,10-13H2,1H3. The summed E-state index contributed by atoms with van der Waals surface area (Å²) in [6.45, 7) is 9.83. The van der Waals surface area contributed by atoms with Crippen molar-refractivity contribution in [3.05, 3.63) is 70.3 Å². The minimum atomic E-state index is 0.205. The Morgan fingerprint density at radius 1 is 1.23 bits per heavy atom. The molecule has 4 heteroatoms. The Morgan fingerprint density at radius 2 is 1.86 bits per heavy atom. The summed E-state index contributed by atoms with van der Waals surface area (Å²) in [6.07, 6.45) is 6.04. The van der Waals surface area contributed by atoms with Gasteiger partial charge in [0.25, 0.3) is 0 Å². The first-order chi connectivity index (χ1) is 10.6. The molecule has 1 aliphatic heterocycles. The molecule has 2 rings (SSSR count). The molecule has 1 aliphatic rings. The Bertz CT molecular complexity index is 555. The number of nitrogens with zero attached hydrogens (tertiary/aromatic N) is 1. The average molecular weight is 337 g/mol. The zero-order chi connectivity index (χ0) is 15.9. The van der Waals surface area contributed by atoms with Crippen molar-refractivity contribution in [3.8, 4) is 0 Å². The van der Waals surface area contributed by atoms with Gasteiger partial charge in [0, 0.05) is 36.2 Å². The molecule has 118 valence electrons. The van der Waals surface area contributed by atoms with E-state index < -0.39 is 0 Å². The normalized spacial score (nSPS) is 18.6. The van der Waals surface area contributed by atoms with Crippen molar-refractivity contribution in [1.29, 1.82) is 0 Å². The van der Waals surface area contributed by atoms with E-state index in [4.69, 9.17) is 23.2 Å². The van der Waals surface area contributed by atoms with Crippen LogP contribution >= 0.6 is 23.2 Å². The molecule has 1 fully saturated rings. The highest BCUT2D eigenvalue weighted by molar-refractivity contribution is 6.31. The van der Waals surface area contributed by atoms with Gasteiger partial charge in [0.05, 0.1) is 6.04 Å². The monoisotopic (exact) mass is 336 g/mol. The van der Waals surface area contributed by atoms with Crippen LogP contribution in [-0.2, 0) is 0 Å². The third-order valence-corrected chi connectivity index (χ3v) is 4.19. The third-order valence-electron chi connectivity index (χ3n) is 3.81. The molecule has 0 spiro atoms. The van der Waals surface area contributed by atoms with E-state index in [1.807, 2.05) is 18.2 Å². The summed E-state index contributed by atoms with van der Waals surface area (Å²) in [6, 6.07) is 8.30. The number of allylic oxidation sites excluding steroid dienone is 3. The number of hydrogen-bond donors (Lipinski definition) is 1. The van der Waals surface area contributed by atoms with E-state index in [2.05, 4.69) is 48.0 Å². The van der Waals surface area contributed by atoms with Crippen LogP contribution in [0.2, 0.25) is 5.02 Å². The van der Waals surface area contributed by atoms with Gasteiger partial charge in [-0.3, -0.25) is 4.90 Å². The molecule has 0 bridgehead atoms. The van der Waals surface area contributed by atoms with Crippen LogP contribution in [0.1, 0.15) is 18.5 Å². The smallest absolute Gasteiger partial charge is 0.0599 e. The highest BCUT2D eigenvalue weighted by Crippen LogP contribution is 2.31. The number of hydrogen-bond acceptors (Lipinski definition) is 2. The van der Waals surface area contributed by atoms with Crippen molar-refractivity contribution in [3.63, 3.8) is 0 Å².